The number of carbonyl (C=O) groups excluding carboxylic acids is 1. The number of aromatic nitrogens is 4. The fraction of sp³-hybridized carbons (Fsp3) is 0.455. The summed E-state index contributed by atoms with van der Waals surface area (Å²) in [6.45, 7) is 11.9. The molecule has 75 heavy (non-hydrogen) atoms. The van der Waals surface area contributed by atoms with Crippen molar-refractivity contribution < 1.29 is 37.1 Å². The number of amides is 1. The van der Waals surface area contributed by atoms with E-state index < -0.39 is 42.9 Å². The normalized spacial score (nSPS) is 21.5. The minimum Gasteiger partial charge on any atom is -0.478 e. The van der Waals surface area contributed by atoms with Crippen molar-refractivity contribution in [3.8, 4) is 17.4 Å². The lowest BCUT2D eigenvalue weighted by Gasteiger charge is -2.58. The number of benzene rings is 2. The molecule has 0 bridgehead atoms. The number of nitrogens with zero attached hydrogens (tertiary/aromatic N) is 7. The molecule has 396 valence electrons. The Morgan fingerprint density at radius 2 is 1.75 bits per heavy atom. The first-order valence-electron chi connectivity index (χ1n) is 25.9. The monoisotopic (exact) mass is 1040 g/mol. The van der Waals surface area contributed by atoms with Gasteiger partial charge in [-0.15, -0.1) is 0 Å². The minimum absolute atomic E-state index is 0.0132. The van der Waals surface area contributed by atoms with Gasteiger partial charge in [0.05, 0.1) is 34.8 Å². The number of nitro groups is 1. The highest BCUT2D eigenvalue weighted by molar-refractivity contribution is 7.90. The van der Waals surface area contributed by atoms with E-state index in [1.54, 1.807) is 19.1 Å². The Hall–Kier alpha value is -6.74. The number of piperazine rings is 1. The van der Waals surface area contributed by atoms with Crippen molar-refractivity contribution >= 4 is 44.2 Å². The van der Waals surface area contributed by atoms with Gasteiger partial charge < -0.3 is 29.8 Å². The van der Waals surface area contributed by atoms with Gasteiger partial charge in [0.2, 0.25) is 5.82 Å². The second-order valence-corrected chi connectivity index (χ2v) is 23.2. The molecule has 0 radical (unpaired) electrons. The maximum atomic E-state index is 14.9. The van der Waals surface area contributed by atoms with Crippen LogP contribution in [0.5, 0.6) is 17.4 Å². The summed E-state index contributed by atoms with van der Waals surface area (Å²) >= 11 is 0. The molecule has 4 N–H and O–H groups in total. The quantitative estimate of drug-likeness (QED) is 0.0524. The predicted molar refractivity (Wildman–Crippen MR) is 282 cm³/mol. The average molecular weight is 1050 g/mol. The lowest BCUT2D eigenvalue weighted by molar-refractivity contribution is -0.384. The first kappa shape index (κ1) is 51.7. The molecule has 4 aromatic heterocycles. The lowest BCUT2D eigenvalue weighted by atomic mass is 9.59. The molecule has 0 unspecified atom stereocenters. The van der Waals surface area contributed by atoms with Crippen LogP contribution in [0.25, 0.3) is 11.0 Å². The Morgan fingerprint density at radius 3 is 2.47 bits per heavy atom. The van der Waals surface area contributed by atoms with Gasteiger partial charge >= 0.3 is 5.69 Å². The summed E-state index contributed by atoms with van der Waals surface area (Å²) in [6.07, 6.45) is 12.5. The fourth-order valence-corrected chi connectivity index (χ4v) is 12.7. The number of fused-ring (bicyclic) bond motifs is 1. The van der Waals surface area contributed by atoms with Gasteiger partial charge in [0.1, 0.15) is 22.1 Å². The van der Waals surface area contributed by atoms with E-state index in [0.29, 0.717) is 44.2 Å². The smallest absolute Gasteiger partial charge is 0.312 e. The van der Waals surface area contributed by atoms with Gasteiger partial charge in [0.25, 0.3) is 21.8 Å². The van der Waals surface area contributed by atoms with Crippen molar-refractivity contribution in [2.75, 3.05) is 56.6 Å². The molecule has 2 aliphatic heterocycles. The summed E-state index contributed by atoms with van der Waals surface area (Å²) in [4.78, 5) is 48.1. The largest absolute Gasteiger partial charge is 0.478 e. The third-order valence-corrected chi connectivity index (χ3v) is 17.4. The molecule has 2 saturated heterocycles. The van der Waals surface area contributed by atoms with Crippen LogP contribution >= 0.6 is 0 Å². The van der Waals surface area contributed by atoms with Crippen LogP contribution in [0.1, 0.15) is 111 Å². The van der Waals surface area contributed by atoms with Gasteiger partial charge in [-0.1, -0.05) is 38.1 Å². The molecule has 2 aliphatic carbocycles. The van der Waals surface area contributed by atoms with Crippen molar-refractivity contribution in [3.63, 3.8) is 0 Å². The zero-order valence-corrected chi connectivity index (χ0v) is 43.6. The number of hydrogen-bond acceptors (Lipinski definition) is 15. The number of halogens is 1. The molecule has 20 heteroatoms. The second kappa shape index (κ2) is 21.1. The number of pyridine rings is 3. The predicted octanol–water partition coefficient (Wildman–Crippen LogP) is 9.10. The van der Waals surface area contributed by atoms with E-state index in [1.165, 1.54) is 35.9 Å². The van der Waals surface area contributed by atoms with Crippen molar-refractivity contribution in [2.45, 2.75) is 107 Å². The third kappa shape index (κ3) is 11.2. The first-order chi connectivity index (χ1) is 36.0. The highest BCUT2D eigenvalue weighted by Gasteiger charge is 2.50. The van der Waals surface area contributed by atoms with E-state index in [-0.39, 0.29) is 57.2 Å². The minimum atomic E-state index is -4.74. The Bertz CT molecular complexity index is 3170. The van der Waals surface area contributed by atoms with Crippen LogP contribution in [0.4, 0.5) is 21.6 Å². The Balaban J connectivity index is 0.860. The Morgan fingerprint density at radius 1 is 1.00 bits per heavy atom. The number of aromatic amines is 1. The van der Waals surface area contributed by atoms with Gasteiger partial charge in [-0.25, -0.2) is 22.5 Å². The maximum Gasteiger partial charge on any atom is 0.312 e. The number of rotatable bonds is 16. The van der Waals surface area contributed by atoms with Gasteiger partial charge in [-0.3, -0.25) is 29.7 Å². The molecule has 2 aromatic carbocycles. The van der Waals surface area contributed by atoms with Gasteiger partial charge in [-0.05, 0) is 116 Å². The molecule has 10 rings (SSSR count). The van der Waals surface area contributed by atoms with Crippen LogP contribution in [0, 0.1) is 27.3 Å². The number of anilines is 2. The average Bonchev–Trinajstić information content (AvgIpc) is 3.78. The summed E-state index contributed by atoms with van der Waals surface area (Å²) in [7, 11) is -3.37. The molecule has 1 atom stereocenters. The Kier molecular flexibility index (Phi) is 14.6. The van der Waals surface area contributed by atoms with Gasteiger partial charge in [0.15, 0.2) is 5.75 Å². The molecule has 4 aliphatic rings. The molecule has 18 nitrogen and oxygen atoms in total. The number of aliphatic hydroxyl groups is 1. The van der Waals surface area contributed by atoms with Crippen LogP contribution in [0.15, 0.2) is 96.4 Å². The molecule has 1 amide bonds. The van der Waals surface area contributed by atoms with Crippen molar-refractivity contribution in [3.05, 3.63) is 130 Å². The number of carbonyl (C=O) groups is 1. The van der Waals surface area contributed by atoms with E-state index in [2.05, 4.69) is 94.9 Å². The molecule has 4 fully saturated rings. The topological polar surface area (TPSA) is 221 Å². The molecular formula is C55H65FN10O8S. The lowest BCUT2D eigenvalue weighted by Crippen LogP contribution is -2.60. The summed E-state index contributed by atoms with van der Waals surface area (Å²) in [6, 6.07) is 20.9. The van der Waals surface area contributed by atoms with E-state index >= 15 is 0 Å². The van der Waals surface area contributed by atoms with Crippen LogP contribution < -0.4 is 24.4 Å². The summed E-state index contributed by atoms with van der Waals surface area (Å²) in [5, 5.41) is 25.7. The van der Waals surface area contributed by atoms with Crippen LogP contribution in [0.3, 0.4) is 0 Å². The number of piperidine rings is 1. The number of hydrogen-bond donors (Lipinski definition) is 4. The van der Waals surface area contributed by atoms with Crippen molar-refractivity contribution in [1.82, 2.24) is 34.5 Å². The second-order valence-electron chi connectivity index (χ2n) is 21.5. The first-order valence-corrected chi connectivity index (χ1v) is 27.4. The molecule has 1 spiro atoms. The highest BCUT2D eigenvalue weighted by atomic mass is 32.2. The van der Waals surface area contributed by atoms with Crippen LogP contribution in [0.2, 0.25) is 0 Å². The zero-order chi connectivity index (χ0) is 52.6. The van der Waals surface area contributed by atoms with E-state index in [4.69, 9.17) is 9.47 Å². The standard InChI is InChI=1S/C55H65FN10O8S/c1-35(2)41-7-5-6-8-42(41)47-34-63(33-37-13-19-57-20-14-37)23-24-65(47)39-28-55(29-39)17-21-64(22-18-55)38-9-10-43(48(25-38)74-49-27-44-45(56)32-60-50(44)61-53(49)73-4)52(67)62-75(71,72)40-26-46(66(69)70)51(59-31-40)58-30-36-11-15-54(3,68)16-12-36/h5-10,13-14,19-20,25-27,31-32,35-36,39,47,68H,11-12,15-18,21-24,28-30,33-34H2,1-4H3,(H,58,59)(H,60,61)(H,62,67)/t36?,47-,54?/m0/s1. The van der Waals surface area contributed by atoms with E-state index in [1.807, 2.05) is 12.4 Å². The Labute approximate surface area is 436 Å². The summed E-state index contributed by atoms with van der Waals surface area (Å²) < 4.78 is 56.6. The number of sulfonamides is 1. The maximum absolute atomic E-state index is 14.9. The molecule has 2 saturated carbocycles. The van der Waals surface area contributed by atoms with Crippen LogP contribution in [-0.4, -0.2) is 112 Å². The zero-order valence-electron chi connectivity index (χ0n) is 42.8. The number of nitrogens with one attached hydrogen (secondary N) is 3. The molecule has 6 heterocycles. The SMILES string of the molecule is COc1nc2[nH]cc(F)c2cc1Oc1cc(N2CCC3(CC2)CC(N2CCN(Cc4ccncc4)C[C@H]2c2ccccc2C(C)C)C3)ccc1C(=O)NS(=O)(=O)c1cnc(NCC2CCC(C)(O)CC2)c([N+](=O)[O-])c1. The third-order valence-electron chi connectivity index (χ3n) is 16.1. The van der Waals surface area contributed by atoms with Gasteiger partial charge in [-0.2, -0.15) is 4.98 Å². The van der Waals surface area contributed by atoms with Crippen LogP contribution in [-0.2, 0) is 16.6 Å². The number of methoxy groups -OCH3 is 1. The highest BCUT2D eigenvalue weighted by Crippen LogP contribution is 2.53. The summed E-state index contributed by atoms with van der Waals surface area (Å²) in [5.74, 6) is -1.34. The van der Waals surface area contributed by atoms with Gasteiger partial charge in [0, 0.05) is 100 Å². The fourth-order valence-electron chi connectivity index (χ4n) is 11.8. The summed E-state index contributed by atoms with van der Waals surface area (Å²) in [5.41, 5.74) is 3.67. The molecule has 6 aromatic rings. The van der Waals surface area contributed by atoms with Crippen molar-refractivity contribution in [1.29, 1.82) is 0 Å². The van der Waals surface area contributed by atoms with E-state index in [9.17, 15) is 32.8 Å². The molecular weight excluding hydrogens is 980 g/mol. The van der Waals surface area contributed by atoms with E-state index in [0.717, 1.165) is 89.1 Å². The van der Waals surface area contributed by atoms with Crippen molar-refractivity contribution in [2.24, 2.45) is 11.3 Å². The number of H-pyrrole nitrogens is 1. The number of ether oxygens (including phenoxy) is 2.